The highest BCUT2D eigenvalue weighted by Gasteiger charge is 2.02. The molecule has 2 aromatic heterocycles. The first-order valence-electron chi connectivity index (χ1n) is 3.76. The molecular formula is C9H6BrClN2. The van der Waals surface area contributed by atoms with Crippen LogP contribution in [0.15, 0.2) is 22.8 Å². The van der Waals surface area contributed by atoms with Crippen molar-refractivity contribution < 1.29 is 0 Å². The first-order chi connectivity index (χ1) is 6.16. The van der Waals surface area contributed by atoms with E-state index in [0.29, 0.717) is 10.8 Å². The third kappa shape index (κ3) is 1.67. The van der Waals surface area contributed by atoms with E-state index in [0.717, 1.165) is 15.6 Å². The summed E-state index contributed by atoms with van der Waals surface area (Å²) >= 11 is 9.10. The number of fused-ring (bicyclic) bond motifs is 1. The lowest BCUT2D eigenvalue weighted by molar-refractivity contribution is 1.24. The zero-order valence-electron chi connectivity index (χ0n) is 6.88. The molecule has 0 aliphatic rings. The third-order valence-corrected chi connectivity index (χ3v) is 2.45. The fourth-order valence-electron chi connectivity index (χ4n) is 1.21. The second kappa shape index (κ2) is 3.24. The quantitative estimate of drug-likeness (QED) is 0.676. The van der Waals surface area contributed by atoms with Crippen LogP contribution in [0, 0.1) is 6.92 Å². The minimum absolute atomic E-state index is 0.482. The Balaban J connectivity index is 2.86. The summed E-state index contributed by atoms with van der Waals surface area (Å²) in [6.45, 7) is 1.99. The number of aryl methyl sites for hydroxylation is 1. The van der Waals surface area contributed by atoms with E-state index in [1.54, 1.807) is 0 Å². The van der Waals surface area contributed by atoms with Crippen molar-refractivity contribution in [3.63, 3.8) is 0 Å². The zero-order chi connectivity index (χ0) is 9.42. The van der Waals surface area contributed by atoms with Crippen molar-refractivity contribution in [2.45, 2.75) is 6.92 Å². The molecule has 0 amide bonds. The minimum atomic E-state index is 0.482. The molecule has 0 N–H and O–H groups in total. The van der Waals surface area contributed by atoms with Crippen LogP contribution < -0.4 is 0 Å². The fraction of sp³-hybridized carbons (Fsp3) is 0.111. The fourth-order valence-corrected chi connectivity index (χ4v) is 1.75. The SMILES string of the molecule is Cc1cc(Cl)nc2nc(Br)ccc12. The largest absolute Gasteiger partial charge is 0.221 e. The van der Waals surface area contributed by atoms with Gasteiger partial charge in [0.05, 0.1) is 0 Å². The lowest BCUT2D eigenvalue weighted by atomic mass is 10.2. The summed E-state index contributed by atoms with van der Waals surface area (Å²) in [5, 5.41) is 1.52. The first kappa shape index (κ1) is 8.91. The van der Waals surface area contributed by atoms with E-state index < -0.39 is 0 Å². The van der Waals surface area contributed by atoms with Gasteiger partial charge in [-0.25, -0.2) is 9.97 Å². The van der Waals surface area contributed by atoms with Gasteiger partial charge in [-0.3, -0.25) is 0 Å². The van der Waals surface area contributed by atoms with Crippen LogP contribution in [-0.2, 0) is 0 Å². The molecule has 0 fully saturated rings. The molecule has 0 aromatic carbocycles. The maximum Gasteiger partial charge on any atom is 0.162 e. The standard InChI is InChI=1S/C9H6BrClN2/c1-5-4-8(11)13-9-6(5)2-3-7(10)12-9/h2-4H,1H3. The minimum Gasteiger partial charge on any atom is -0.221 e. The van der Waals surface area contributed by atoms with Gasteiger partial charge in [0, 0.05) is 5.39 Å². The van der Waals surface area contributed by atoms with Crippen LogP contribution in [0.1, 0.15) is 5.56 Å². The Morgan fingerprint density at radius 1 is 1.31 bits per heavy atom. The molecule has 4 heteroatoms. The summed E-state index contributed by atoms with van der Waals surface area (Å²) < 4.78 is 0.772. The Morgan fingerprint density at radius 2 is 2.08 bits per heavy atom. The number of halogens is 2. The van der Waals surface area contributed by atoms with Gasteiger partial charge < -0.3 is 0 Å². The Kier molecular flexibility index (Phi) is 2.22. The summed E-state index contributed by atoms with van der Waals surface area (Å²) in [4.78, 5) is 8.34. The smallest absolute Gasteiger partial charge is 0.162 e. The Labute approximate surface area is 89.1 Å². The monoisotopic (exact) mass is 256 g/mol. The van der Waals surface area contributed by atoms with Crippen LogP contribution in [0.5, 0.6) is 0 Å². The molecule has 13 heavy (non-hydrogen) atoms. The number of nitrogens with zero attached hydrogens (tertiary/aromatic N) is 2. The summed E-state index contributed by atoms with van der Waals surface area (Å²) in [6.07, 6.45) is 0. The second-order valence-electron chi connectivity index (χ2n) is 2.77. The number of rotatable bonds is 0. The van der Waals surface area contributed by atoms with Crippen molar-refractivity contribution in [3.05, 3.63) is 33.5 Å². The van der Waals surface area contributed by atoms with E-state index in [2.05, 4.69) is 25.9 Å². The van der Waals surface area contributed by atoms with Crippen LogP contribution in [0.25, 0.3) is 11.0 Å². The molecule has 2 heterocycles. The molecule has 0 bridgehead atoms. The zero-order valence-corrected chi connectivity index (χ0v) is 9.22. The predicted molar refractivity (Wildman–Crippen MR) is 57.0 cm³/mol. The average Bonchev–Trinajstić information content (AvgIpc) is 2.02. The third-order valence-electron chi connectivity index (χ3n) is 1.81. The second-order valence-corrected chi connectivity index (χ2v) is 3.97. The van der Waals surface area contributed by atoms with Crippen molar-refractivity contribution in [3.8, 4) is 0 Å². The molecule has 66 valence electrons. The van der Waals surface area contributed by atoms with Crippen molar-refractivity contribution in [1.82, 2.24) is 9.97 Å². The molecule has 0 saturated carbocycles. The molecular weight excluding hydrogens is 251 g/mol. The van der Waals surface area contributed by atoms with Gasteiger partial charge in [0.1, 0.15) is 9.76 Å². The van der Waals surface area contributed by atoms with Crippen LogP contribution >= 0.6 is 27.5 Å². The molecule has 2 nitrogen and oxygen atoms in total. The lowest BCUT2D eigenvalue weighted by Gasteiger charge is -2.01. The van der Waals surface area contributed by atoms with Crippen LogP contribution in [-0.4, -0.2) is 9.97 Å². The number of hydrogen-bond donors (Lipinski definition) is 0. The highest BCUT2D eigenvalue weighted by atomic mass is 79.9. The Hall–Kier alpha value is -0.670. The van der Waals surface area contributed by atoms with Crippen LogP contribution in [0.2, 0.25) is 5.15 Å². The molecule has 2 rings (SSSR count). The molecule has 0 atom stereocenters. The molecule has 2 aromatic rings. The maximum atomic E-state index is 5.81. The molecule has 0 saturated heterocycles. The topological polar surface area (TPSA) is 25.8 Å². The van der Waals surface area contributed by atoms with Gasteiger partial charge in [-0.05, 0) is 46.6 Å². The van der Waals surface area contributed by atoms with E-state index in [4.69, 9.17) is 11.6 Å². The first-order valence-corrected chi connectivity index (χ1v) is 4.93. The van der Waals surface area contributed by atoms with E-state index >= 15 is 0 Å². The normalized spacial score (nSPS) is 10.7. The molecule has 0 spiro atoms. The van der Waals surface area contributed by atoms with Crippen molar-refractivity contribution >= 4 is 38.6 Å². The van der Waals surface area contributed by atoms with Gasteiger partial charge in [-0.15, -0.1) is 0 Å². The highest BCUT2D eigenvalue weighted by Crippen LogP contribution is 2.20. The van der Waals surface area contributed by atoms with Gasteiger partial charge in [0.25, 0.3) is 0 Å². The van der Waals surface area contributed by atoms with Gasteiger partial charge in [-0.2, -0.15) is 0 Å². The van der Waals surface area contributed by atoms with Gasteiger partial charge >= 0.3 is 0 Å². The van der Waals surface area contributed by atoms with Gasteiger partial charge in [0.15, 0.2) is 5.65 Å². The average molecular weight is 258 g/mol. The van der Waals surface area contributed by atoms with Crippen molar-refractivity contribution in [2.75, 3.05) is 0 Å². The van der Waals surface area contributed by atoms with Crippen LogP contribution in [0.4, 0.5) is 0 Å². The van der Waals surface area contributed by atoms with E-state index in [1.807, 2.05) is 25.1 Å². The highest BCUT2D eigenvalue weighted by molar-refractivity contribution is 9.10. The van der Waals surface area contributed by atoms with E-state index in [1.165, 1.54) is 0 Å². The predicted octanol–water partition coefficient (Wildman–Crippen LogP) is 3.35. The summed E-state index contributed by atoms with van der Waals surface area (Å²) in [7, 11) is 0. The molecule has 0 aliphatic carbocycles. The number of pyridine rings is 2. The molecule has 0 radical (unpaired) electrons. The Bertz CT molecular complexity index is 465. The molecule has 0 unspecified atom stereocenters. The number of hydrogen-bond acceptors (Lipinski definition) is 2. The van der Waals surface area contributed by atoms with Crippen LogP contribution in [0.3, 0.4) is 0 Å². The number of aromatic nitrogens is 2. The van der Waals surface area contributed by atoms with Gasteiger partial charge in [-0.1, -0.05) is 11.6 Å². The van der Waals surface area contributed by atoms with Gasteiger partial charge in [0.2, 0.25) is 0 Å². The summed E-state index contributed by atoms with van der Waals surface area (Å²) in [5.74, 6) is 0. The summed E-state index contributed by atoms with van der Waals surface area (Å²) in [5.41, 5.74) is 1.77. The Morgan fingerprint density at radius 3 is 2.85 bits per heavy atom. The summed E-state index contributed by atoms with van der Waals surface area (Å²) in [6, 6.07) is 5.70. The maximum absolute atomic E-state index is 5.81. The van der Waals surface area contributed by atoms with Crippen molar-refractivity contribution in [1.29, 1.82) is 0 Å². The van der Waals surface area contributed by atoms with E-state index in [-0.39, 0.29) is 0 Å². The molecule has 0 aliphatic heterocycles. The van der Waals surface area contributed by atoms with E-state index in [9.17, 15) is 0 Å². The lowest BCUT2D eigenvalue weighted by Crippen LogP contribution is -1.87. The van der Waals surface area contributed by atoms with Crippen molar-refractivity contribution in [2.24, 2.45) is 0 Å².